The van der Waals surface area contributed by atoms with Gasteiger partial charge < -0.3 is 15.4 Å². The zero-order valence-corrected chi connectivity index (χ0v) is 12.4. The van der Waals surface area contributed by atoms with E-state index in [-0.39, 0.29) is 18.5 Å². The maximum atomic E-state index is 12.1. The highest BCUT2D eigenvalue weighted by Crippen LogP contribution is 2.17. The second-order valence-electron chi connectivity index (χ2n) is 3.80. The lowest BCUT2D eigenvalue weighted by Crippen LogP contribution is -2.31. The first-order valence-electron chi connectivity index (χ1n) is 5.35. The van der Waals surface area contributed by atoms with Gasteiger partial charge in [0.2, 0.25) is 0 Å². The van der Waals surface area contributed by atoms with Gasteiger partial charge in [-0.3, -0.25) is 9.59 Å². The lowest BCUT2D eigenvalue weighted by Gasteiger charge is -2.18. The molecule has 0 unspecified atom stereocenters. The number of benzene rings is 1. The fourth-order valence-electron chi connectivity index (χ4n) is 1.35. The van der Waals surface area contributed by atoms with Gasteiger partial charge in [-0.15, -0.1) is 0 Å². The second kappa shape index (κ2) is 6.58. The van der Waals surface area contributed by atoms with Crippen LogP contribution in [0.3, 0.4) is 0 Å². The minimum atomic E-state index is -0.357. The Balaban J connectivity index is 2.68. The zero-order valence-electron chi connectivity index (χ0n) is 10.3. The number of hydrogen-bond donors (Lipinski definition) is 1. The Bertz CT molecular complexity index is 463. The van der Waals surface area contributed by atoms with Crippen molar-refractivity contribution in [1.82, 2.24) is 4.90 Å². The van der Waals surface area contributed by atoms with E-state index in [2.05, 4.69) is 22.6 Å². The highest BCUT2D eigenvalue weighted by molar-refractivity contribution is 14.1. The van der Waals surface area contributed by atoms with Crippen LogP contribution in [-0.2, 0) is 9.53 Å². The normalized spacial score (nSPS) is 9.94. The standard InChI is InChI=1S/C12H15IN2O3/c1-8(16)18-6-5-15(2)12(17)10-7-9(13)3-4-11(10)14/h3-4,7H,5-6,14H2,1-2H3. The SMILES string of the molecule is CC(=O)OCCN(C)C(=O)c1cc(I)ccc1N. The van der Waals surface area contributed by atoms with Crippen molar-refractivity contribution < 1.29 is 14.3 Å². The molecule has 6 heteroatoms. The highest BCUT2D eigenvalue weighted by Gasteiger charge is 2.15. The molecular weight excluding hydrogens is 347 g/mol. The number of nitrogen functional groups attached to an aromatic ring is 1. The van der Waals surface area contributed by atoms with Gasteiger partial charge in [0.1, 0.15) is 6.61 Å². The molecule has 0 heterocycles. The van der Waals surface area contributed by atoms with Gasteiger partial charge in [-0.25, -0.2) is 0 Å². The number of ether oxygens (including phenoxy) is 1. The zero-order chi connectivity index (χ0) is 13.7. The number of esters is 1. The van der Waals surface area contributed by atoms with Crippen LogP contribution >= 0.6 is 22.6 Å². The maximum absolute atomic E-state index is 12.1. The molecule has 0 bridgehead atoms. The van der Waals surface area contributed by atoms with Crippen molar-refractivity contribution in [3.8, 4) is 0 Å². The number of amides is 1. The summed E-state index contributed by atoms with van der Waals surface area (Å²) in [5.41, 5.74) is 6.68. The minimum Gasteiger partial charge on any atom is -0.464 e. The monoisotopic (exact) mass is 362 g/mol. The Morgan fingerprint density at radius 1 is 1.44 bits per heavy atom. The van der Waals surface area contributed by atoms with Crippen LogP contribution in [0.15, 0.2) is 18.2 Å². The van der Waals surface area contributed by atoms with Crippen LogP contribution in [0.1, 0.15) is 17.3 Å². The molecule has 0 spiro atoms. The lowest BCUT2D eigenvalue weighted by molar-refractivity contribution is -0.141. The van der Waals surface area contributed by atoms with Crippen LogP contribution in [-0.4, -0.2) is 37.0 Å². The molecule has 0 saturated carbocycles. The molecular formula is C12H15IN2O3. The molecule has 1 rings (SSSR count). The molecule has 1 amide bonds. The Labute approximate surface area is 119 Å². The van der Waals surface area contributed by atoms with Crippen molar-refractivity contribution in [1.29, 1.82) is 0 Å². The van der Waals surface area contributed by atoms with Gasteiger partial charge in [-0.1, -0.05) is 0 Å². The van der Waals surface area contributed by atoms with Crippen LogP contribution in [0.25, 0.3) is 0 Å². The van der Waals surface area contributed by atoms with Crippen LogP contribution in [0, 0.1) is 3.57 Å². The number of carbonyl (C=O) groups is 2. The first-order valence-corrected chi connectivity index (χ1v) is 6.43. The van der Waals surface area contributed by atoms with E-state index in [0.29, 0.717) is 17.8 Å². The Morgan fingerprint density at radius 3 is 2.72 bits per heavy atom. The summed E-state index contributed by atoms with van der Waals surface area (Å²) in [5.74, 6) is -0.539. The molecule has 98 valence electrons. The van der Waals surface area contributed by atoms with Crippen LogP contribution < -0.4 is 5.73 Å². The summed E-state index contributed by atoms with van der Waals surface area (Å²) in [4.78, 5) is 24.2. The van der Waals surface area contributed by atoms with Crippen LogP contribution in [0.2, 0.25) is 0 Å². The fourth-order valence-corrected chi connectivity index (χ4v) is 1.84. The molecule has 0 aliphatic heterocycles. The van der Waals surface area contributed by atoms with Crippen LogP contribution in [0.4, 0.5) is 5.69 Å². The second-order valence-corrected chi connectivity index (χ2v) is 5.04. The maximum Gasteiger partial charge on any atom is 0.302 e. The van der Waals surface area contributed by atoms with E-state index in [1.165, 1.54) is 11.8 Å². The average Bonchev–Trinajstić information content (AvgIpc) is 2.30. The molecule has 5 nitrogen and oxygen atoms in total. The summed E-state index contributed by atoms with van der Waals surface area (Å²) in [6, 6.07) is 5.28. The number of likely N-dealkylation sites (N-methyl/N-ethyl adjacent to an activating group) is 1. The number of halogens is 1. The molecule has 2 N–H and O–H groups in total. The third kappa shape index (κ3) is 4.17. The van der Waals surface area contributed by atoms with E-state index in [0.717, 1.165) is 3.57 Å². The van der Waals surface area contributed by atoms with Gasteiger partial charge in [0, 0.05) is 23.2 Å². The molecule has 0 atom stereocenters. The van der Waals surface area contributed by atoms with Crippen LogP contribution in [0.5, 0.6) is 0 Å². The quantitative estimate of drug-likeness (QED) is 0.501. The van der Waals surface area contributed by atoms with E-state index < -0.39 is 0 Å². The summed E-state index contributed by atoms with van der Waals surface area (Å²) in [5, 5.41) is 0. The number of anilines is 1. The van der Waals surface area contributed by atoms with Gasteiger partial charge in [0.05, 0.1) is 12.1 Å². The number of carbonyl (C=O) groups excluding carboxylic acids is 2. The van der Waals surface area contributed by atoms with Gasteiger partial charge in [-0.2, -0.15) is 0 Å². The van der Waals surface area contributed by atoms with Gasteiger partial charge in [-0.05, 0) is 40.8 Å². The van der Waals surface area contributed by atoms with E-state index in [4.69, 9.17) is 10.5 Å². The molecule has 18 heavy (non-hydrogen) atoms. The summed E-state index contributed by atoms with van der Waals surface area (Å²) in [7, 11) is 1.64. The van der Waals surface area contributed by atoms with E-state index in [1.807, 2.05) is 6.07 Å². The van der Waals surface area contributed by atoms with Gasteiger partial charge in [0.15, 0.2) is 0 Å². The molecule has 1 aromatic carbocycles. The number of rotatable bonds is 4. The molecule has 0 saturated heterocycles. The molecule has 0 fully saturated rings. The smallest absolute Gasteiger partial charge is 0.302 e. The van der Waals surface area contributed by atoms with Crippen molar-refractivity contribution in [2.75, 3.05) is 25.9 Å². The van der Waals surface area contributed by atoms with Crippen molar-refractivity contribution in [2.45, 2.75) is 6.92 Å². The first kappa shape index (κ1) is 14.7. The van der Waals surface area contributed by atoms with Crippen molar-refractivity contribution in [3.63, 3.8) is 0 Å². The molecule has 1 aromatic rings. The Kier molecular flexibility index (Phi) is 5.39. The van der Waals surface area contributed by atoms with E-state index in [1.54, 1.807) is 19.2 Å². The van der Waals surface area contributed by atoms with Crippen molar-refractivity contribution in [3.05, 3.63) is 27.3 Å². The number of nitrogens with zero attached hydrogens (tertiary/aromatic N) is 1. The molecule has 0 radical (unpaired) electrons. The number of nitrogens with two attached hydrogens (primary N) is 1. The summed E-state index contributed by atoms with van der Waals surface area (Å²) in [6.45, 7) is 1.85. The lowest BCUT2D eigenvalue weighted by atomic mass is 10.1. The molecule has 0 aliphatic carbocycles. The topological polar surface area (TPSA) is 72.6 Å². The largest absolute Gasteiger partial charge is 0.464 e. The highest BCUT2D eigenvalue weighted by atomic mass is 127. The van der Waals surface area contributed by atoms with Crippen molar-refractivity contribution in [2.24, 2.45) is 0 Å². The fraction of sp³-hybridized carbons (Fsp3) is 0.333. The van der Waals surface area contributed by atoms with E-state index in [9.17, 15) is 9.59 Å². The summed E-state index contributed by atoms with van der Waals surface area (Å²) in [6.07, 6.45) is 0. The van der Waals surface area contributed by atoms with Crippen molar-refractivity contribution >= 4 is 40.2 Å². The van der Waals surface area contributed by atoms with Gasteiger partial charge in [0.25, 0.3) is 5.91 Å². The van der Waals surface area contributed by atoms with E-state index >= 15 is 0 Å². The predicted octanol–water partition coefficient (Wildman–Crippen LogP) is 1.51. The predicted molar refractivity (Wildman–Crippen MR) is 77.2 cm³/mol. The minimum absolute atomic E-state index is 0.182. The Hall–Kier alpha value is -1.31. The third-order valence-corrected chi connectivity index (χ3v) is 3.00. The molecule has 0 aromatic heterocycles. The number of hydrogen-bond acceptors (Lipinski definition) is 4. The average molecular weight is 362 g/mol. The molecule has 0 aliphatic rings. The first-order chi connectivity index (χ1) is 8.41. The Morgan fingerprint density at radius 2 is 2.11 bits per heavy atom. The van der Waals surface area contributed by atoms with Gasteiger partial charge >= 0.3 is 5.97 Å². The third-order valence-electron chi connectivity index (χ3n) is 2.32. The summed E-state index contributed by atoms with van der Waals surface area (Å²) >= 11 is 2.12. The summed E-state index contributed by atoms with van der Waals surface area (Å²) < 4.78 is 5.73.